The lowest BCUT2D eigenvalue weighted by Crippen LogP contribution is -2.54. The number of carbonyl (C=O) groups excluding carboxylic acids is 2. The smallest absolute Gasteiger partial charge is 0.290 e. The van der Waals surface area contributed by atoms with Crippen molar-refractivity contribution >= 4 is 11.8 Å². The van der Waals surface area contributed by atoms with E-state index in [1.165, 1.54) is 0 Å². The van der Waals surface area contributed by atoms with Gasteiger partial charge >= 0.3 is 0 Å². The molecule has 8 nitrogen and oxygen atoms in total. The van der Waals surface area contributed by atoms with E-state index in [-0.39, 0.29) is 17.1 Å². The summed E-state index contributed by atoms with van der Waals surface area (Å²) < 4.78 is 5.14. The van der Waals surface area contributed by atoms with E-state index in [4.69, 9.17) is 10.3 Å². The lowest BCUT2D eigenvalue weighted by atomic mass is 9.73. The van der Waals surface area contributed by atoms with Crippen LogP contribution in [0.1, 0.15) is 62.5 Å². The van der Waals surface area contributed by atoms with Gasteiger partial charge in [0.15, 0.2) is 0 Å². The van der Waals surface area contributed by atoms with Crippen LogP contribution in [-0.2, 0) is 11.3 Å². The lowest BCUT2D eigenvalue weighted by molar-refractivity contribution is -0.139. The average molecular weight is 363 g/mol. The first-order valence-corrected chi connectivity index (χ1v) is 9.49. The van der Waals surface area contributed by atoms with Crippen LogP contribution in [0, 0.1) is 11.3 Å². The summed E-state index contributed by atoms with van der Waals surface area (Å²) in [5.74, 6) is 0.549. The van der Waals surface area contributed by atoms with Gasteiger partial charge in [0.2, 0.25) is 11.8 Å². The second-order valence-corrected chi connectivity index (χ2v) is 8.19. The molecule has 3 rings (SSSR count). The Morgan fingerprint density at radius 1 is 1.35 bits per heavy atom. The van der Waals surface area contributed by atoms with Crippen molar-refractivity contribution in [3.8, 4) is 0 Å². The van der Waals surface area contributed by atoms with Crippen LogP contribution in [0.5, 0.6) is 0 Å². The monoisotopic (exact) mass is 363 g/mol. The molecule has 26 heavy (non-hydrogen) atoms. The Bertz CT molecular complexity index is 659. The van der Waals surface area contributed by atoms with E-state index in [2.05, 4.69) is 33.8 Å². The summed E-state index contributed by atoms with van der Waals surface area (Å²) in [5, 5.41) is 3.61. The van der Waals surface area contributed by atoms with Gasteiger partial charge in [-0.2, -0.15) is 4.98 Å². The minimum atomic E-state index is -0.679. The molecule has 1 aromatic heterocycles. The summed E-state index contributed by atoms with van der Waals surface area (Å²) >= 11 is 0. The largest absolute Gasteiger partial charge is 0.363 e. The molecule has 2 aliphatic rings. The van der Waals surface area contributed by atoms with Crippen molar-refractivity contribution in [2.45, 2.75) is 52.5 Å². The molecule has 2 amide bonds. The number of hydrogen-bond donors (Lipinski definition) is 1. The Labute approximate surface area is 154 Å². The summed E-state index contributed by atoms with van der Waals surface area (Å²) in [6.07, 6.45) is 4.85. The van der Waals surface area contributed by atoms with E-state index in [1.807, 2.05) is 0 Å². The summed E-state index contributed by atoms with van der Waals surface area (Å²) in [4.78, 5) is 31.8. The fraction of sp³-hybridized carbons (Fsp3) is 0.778. The van der Waals surface area contributed by atoms with Gasteiger partial charge in [-0.05, 0) is 38.1 Å². The quantitative estimate of drug-likeness (QED) is 0.819. The molecule has 0 saturated carbocycles. The highest BCUT2D eigenvalue weighted by atomic mass is 16.5. The summed E-state index contributed by atoms with van der Waals surface area (Å²) in [6, 6.07) is 0. The maximum Gasteiger partial charge on any atom is 0.290 e. The van der Waals surface area contributed by atoms with Gasteiger partial charge in [0.25, 0.3) is 11.7 Å². The minimum Gasteiger partial charge on any atom is -0.363 e. The van der Waals surface area contributed by atoms with E-state index in [9.17, 15) is 9.59 Å². The van der Waals surface area contributed by atoms with Crippen molar-refractivity contribution in [1.82, 2.24) is 19.9 Å². The zero-order valence-electron chi connectivity index (χ0n) is 15.7. The Morgan fingerprint density at radius 3 is 2.85 bits per heavy atom. The Balaban J connectivity index is 1.62. The van der Waals surface area contributed by atoms with Crippen LogP contribution in [0.15, 0.2) is 4.52 Å². The van der Waals surface area contributed by atoms with Crippen LogP contribution in [0.2, 0.25) is 0 Å². The van der Waals surface area contributed by atoms with Gasteiger partial charge in [-0.3, -0.25) is 14.5 Å². The summed E-state index contributed by atoms with van der Waals surface area (Å²) in [6.45, 7) is 8.45. The van der Waals surface area contributed by atoms with Crippen LogP contribution in [0.3, 0.4) is 0 Å². The standard InChI is InChI=1S/C18H29N5O3/c1-13(2)5-9-23-12-18(7-4-15(23)24)6-3-8-22(11-18)10-14-20-17(16(19)25)21-26-14/h13H,3-12H2,1-2H3,(H2,19,25)/t18-/m1/s1. The Kier molecular flexibility index (Phi) is 5.60. The summed E-state index contributed by atoms with van der Waals surface area (Å²) in [5.41, 5.74) is 5.32. The molecule has 0 aliphatic carbocycles. The molecule has 3 heterocycles. The van der Waals surface area contributed by atoms with E-state index in [0.29, 0.717) is 24.8 Å². The van der Waals surface area contributed by atoms with Crippen molar-refractivity contribution in [2.24, 2.45) is 17.1 Å². The number of nitrogens with two attached hydrogens (primary N) is 1. The van der Waals surface area contributed by atoms with Gasteiger partial charge in [0, 0.05) is 31.5 Å². The highest BCUT2D eigenvalue weighted by molar-refractivity contribution is 5.88. The number of nitrogens with zero attached hydrogens (tertiary/aromatic N) is 4. The van der Waals surface area contributed by atoms with E-state index < -0.39 is 5.91 Å². The molecule has 2 fully saturated rings. The number of hydrogen-bond acceptors (Lipinski definition) is 6. The third-order valence-corrected chi connectivity index (χ3v) is 5.51. The number of likely N-dealkylation sites (tertiary alicyclic amines) is 2. The molecular weight excluding hydrogens is 334 g/mol. The van der Waals surface area contributed by atoms with Gasteiger partial charge in [-0.25, -0.2) is 0 Å². The molecule has 0 bridgehead atoms. The van der Waals surface area contributed by atoms with Crippen LogP contribution < -0.4 is 5.73 Å². The zero-order chi connectivity index (χ0) is 18.7. The molecular formula is C18H29N5O3. The predicted octanol–water partition coefficient (Wildman–Crippen LogP) is 1.42. The number of rotatable bonds is 6. The van der Waals surface area contributed by atoms with E-state index in [0.717, 1.165) is 51.9 Å². The Morgan fingerprint density at radius 2 is 2.15 bits per heavy atom. The van der Waals surface area contributed by atoms with E-state index in [1.54, 1.807) is 0 Å². The third kappa shape index (κ3) is 4.41. The van der Waals surface area contributed by atoms with Gasteiger partial charge < -0.3 is 15.2 Å². The molecule has 0 radical (unpaired) electrons. The van der Waals surface area contributed by atoms with Crippen LogP contribution in [0.4, 0.5) is 0 Å². The first-order valence-electron chi connectivity index (χ1n) is 9.49. The van der Waals surface area contributed by atoms with Gasteiger partial charge in [0.1, 0.15) is 0 Å². The molecule has 144 valence electrons. The molecule has 8 heteroatoms. The van der Waals surface area contributed by atoms with Crippen molar-refractivity contribution in [1.29, 1.82) is 0 Å². The summed E-state index contributed by atoms with van der Waals surface area (Å²) in [7, 11) is 0. The maximum absolute atomic E-state index is 12.3. The number of aromatic nitrogens is 2. The normalized spacial score (nSPS) is 24.6. The third-order valence-electron chi connectivity index (χ3n) is 5.51. The number of piperidine rings is 2. The fourth-order valence-electron chi connectivity index (χ4n) is 4.11. The molecule has 2 saturated heterocycles. The van der Waals surface area contributed by atoms with Crippen LogP contribution in [-0.4, -0.2) is 57.9 Å². The van der Waals surface area contributed by atoms with E-state index >= 15 is 0 Å². The number of carbonyl (C=O) groups is 2. The van der Waals surface area contributed by atoms with Crippen LogP contribution >= 0.6 is 0 Å². The Hall–Kier alpha value is -1.96. The molecule has 2 N–H and O–H groups in total. The highest BCUT2D eigenvalue weighted by Crippen LogP contribution is 2.39. The van der Waals surface area contributed by atoms with Gasteiger partial charge in [-0.1, -0.05) is 19.0 Å². The first kappa shape index (κ1) is 18.8. The number of amides is 2. The highest BCUT2D eigenvalue weighted by Gasteiger charge is 2.41. The van der Waals surface area contributed by atoms with Crippen molar-refractivity contribution in [2.75, 3.05) is 26.2 Å². The van der Waals surface area contributed by atoms with Gasteiger partial charge in [0.05, 0.1) is 6.54 Å². The minimum absolute atomic E-state index is 0.0742. The lowest BCUT2D eigenvalue weighted by Gasteiger charge is -2.48. The molecule has 0 unspecified atom stereocenters. The van der Waals surface area contributed by atoms with Crippen molar-refractivity contribution in [3.05, 3.63) is 11.7 Å². The molecule has 0 aromatic carbocycles. The zero-order valence-corrected chi connectivity index (χ0v) is 15.7. The second kappa shape index (κ2) is 7.73. The molecule has 1 aromatic rings. The molecule has 1 atom stereocenters. The number of primary amides is 1. The van der Waals surface area contributed by atoms with Crippen molar-refractivity contribution in [3.63, 3.8) is 0 Å². The molecule has 2 aliphatic heterocycles. The SMILES string of the molecule is CC(C)CCN1C[C@]2(CCCN(Cc3nc(C(N)=O)no3)C2)CCC1=O. The maximum atomic E-state index is 12.3. The van der Waals surface area contributed by atoms with Gasteiger partial charge in [-0.15, -0.1) is 0 Å². The topological polar surface area (TPSA) is 106 Å². The average Bonchev–Trinajstić information content (AvgIpc) is 3.05. The molecule has 1 spiro atoms. The van der Waals surface area contributed by atoms with Crippen LogP contribution in [0.25, 0.3) is 0 Å². The fourth-order valence-corrected chi connectivity index (χ4v) is 4.11. The van der Waals surface area contributed by atoms with Crippen molar-refractivity contribution < 1.29 is 14.1 Å². The predicted molar refractivity (Wildman–Crippen MR) is 95.0 cm³/mol. The second-order valence-electron chi connectivity index (χ2n) is 8.19. The first-order chi connectivity index (χ1) is 12.4.